The van der Waals surface area contributed by atoms with Crippen LogP contribution in [0.5, 0.6) is 0 Å². The third-order valence-corrected chi connectivity index (χ3v) is 7.87. The molecule has 0 unspecified atom stereocenters. The lowest BCUT2D eigenvalue weighted by molar-refractivity contribution is -0.106. The molecule has 0 aliphatic carbocycles. The maximum atomic E-state index is 13.5. The molecule has 2 aromatic carbocycles. The van der Waals surface area contributed by atoms with E-state index in [2.05, 4.69) is 32.6 Å². The van der Waals surface area contributed by atoms with Crippen LogP contribution in [0.3, 0.4) is 0 Å². The molecule has 2 aliphatic rings. The zero-order valence-electron chi connectivity index (χ0n) is 21.8. The van der Waals surface area contributed by atoms with Crippen molar-refractivity contribution in [3.8, 4) is 17.5 Å². The highest BCUT2D eigenvalue weighted by Crippen LogP contribution is 2.37. The molecule has 1 saturated heterocycles. The van der Waals surface area contributed by atoms with Crippen LogP contribution in [0.15, 0.2) is 59.7 Å². The lowest BCUT2D eigenvalue weighted by atomic mass is 9.98. The van der Waals surface area contributed by atoms with Crippen molar-refractivity contribution < 1.29 is 10.2 Å². The summed E-state index contributed by atoms with van der Waals surface area (Å²) in [7, 11) is 2.06. The summed E-state index contributed by atoms with van der Waals surface area (Å²) in [5.41, 5.74) is 11.0. The molecule has 4 aromatic rings. The number of imidazole rings is 1. The molecule has 10 nitrogen and oxygen atoms in total. The quantitative estimate of drug-likeness (QED) is 0.286. The van der Waals surface area contributed by atoms with E-state index in [1.165, 1.54) is 0 Å². The van der Waals surface area contributed by atoms with E-state index in [9.17, 15) is 10.1 Å². The minimum atomic E-state index is -0.0647. The number of fused-ring (bicyclic) bond motifs is 2. The molecule has 6 rings (SSSR count). The van der Waals surface area contributed by atoms with Crippen LogP contribution in [-0.2, 0) is 6.54 Å². The van der Waals surface area contributed by atoms with E-state index in [1.807, 2.05) is 41.3 Å². The van der Waals surface area contributed by atoms with Gasteiger partial charge in [0.25, 0.3) is 18.1 Å². The second-order valence-electron chi connectivity index (χ2n) is 10.2. The molecule has 4 heterocycles. The van der Waals surface area contributed by atoms with Gasteiger partial charge in [0.05, 0.1) is 29.4 Å². The Morgan fingerprint density at radius 3 is 2.80 bits per heavy atom. The molecule has 1 fully saturated rings. The van der Waals surface area contributed by atoms with Crippen LogP contribution in [0.25, 0.3) is 22.4 Å². The van der Waals surface area contributed by atoms with Gasteiger partial charge in [0.2, 0.25) is 0 Å². The van der Waals surface area contributed by atoms with Crippen LogP contribution in [0.1, 0.15) is 39.6 Å². The number of hydrogen-bond donors (Lipinski definition) is 2. The van der Waals surface area contributed by atoms with Gasteiger partial charge in [-0.05, 0) is 54.4 Å². The lowest BCUT2D eigenvalue weighted by Gasteiger charge is -2.41. The molecule has 11 heteroatoms. The molecule has 0 bridgehead atoms. The Kier molecular flexibility index (Phi) is 6.54. The van der Waals surface area contributed by atoms with Gasteiger partial charge in [0.15, 0.2) is 0 Å². The number of nitriles is 1. The van der Waals surface area contributed by atoms with Crippen molar-refractivity contribution in [1.29, 1.82) is 5.26 Å². The van der Waals surface area contributed by atoms with Gasteiger partial charge in [-0.2, -0.15) is 5.26 Å². The molecule has 200 valence electrons. The Labute approximate surface area is 235 Å². The molecule has 0 spiro atoms. The molecular weight excluding hydrogens is 526 g/mol. The molecule has 40 heavy (non-hydrogen) atoms. The maximum absolute atomic E-state index is 13.5. The van der Waals surface area contributed by atoms with Gasteiger partial charge in [0, 0.05) is 41.8 Å². The van der Waals surface area contributed by atoms with Crippen LogP contribution < -0.4 is 11.1 Å². The van der Waals surface area contributed by atoms with E-state index in [0.717, 1.165) is 36.1 Å². The number of carbonyl (C=O) groups excluding carboxylic acids is 1. The summed E-state index contributed by atoms with van der Waals surface area (Å²) in [6, 6.07) is 17.0. The second-order valence-corrected chi connectivity index (χ2v) is 10.6. The van der Waals surface area contributed by atoms with Crippen molar-refractivity contribution in [3.63, 3.8) is 0 Å². The highest BCUT2D eigenvalue weighted by Gasteiger charge is 2.38. The monoisotopic (exact) mass is 552 g/mol. The second kappa shape index (κ2) is 10.2. The van der Waals surface area contributed by atoms with E-state index >= 15 is 0 Å². The van der Waals surface area contributed by atoms with E-state index in [0.29, 0.717) is 46.2 Å². The van der Waals surface area contributed by atoms with Crippen molar-refractivity contribution in [1.82, 2.24) is 24.3 Å². The number of amidine groups is 1. The number of piperidine rings is 1. The first-order chi connectivity index (χ1) is 19.4. The summed E-state index contributed by atoms with van der Waals surface area (Å²) < 4.78 is 2.16. The summed E-state index contributed by atoms with van der Waals surface area (Å²) >= 11 is 6.20. The fourth-order valence-corrected chi connectivity index (χ4v) is 6.05. The predicted octanol–water partition coefficient (Wildman–Crippen LogP) is 2.02. The van der Waals surface area contributed by atoms with Crippen molar-refractivity contribution in [3.05, 3.63) is 82.1 Å². The van der Waals surface area contributed by atoms with E-state index in [1.54, 1.807) is 18.3 Å². The van der Waals surface area contributed by atoms with Crippen LogP contribution in [-0.4, -0.2) is 68.6 Å². The van der Waals surface area contributed by atoms with Crippen LogP contribution in [0, 0.1) is 11.3 Å². The van der Waals surface area contributed by atoms with Gasteiger partial charge in [-0.1, -0.05) is 29.8 Å². The SMILES string of the molecule is CN1C[C@@H](N2Cc3ccc(Cl)cc3C2=O)C[C@@H](n2c(-c3ccccc3C#N)nc3cnc(C(N)=NC=[NH2+])cc32)C1. The first-order valence-corrected chi connectivity index (χ1v) is 13.3. The van der Waals surface area contributed by atoms with Gasteiger partial charge in [-0.15, -0.1) is 0 Å². The zero-order chi connectivity index (χ0) is 28.0. The number of amides is 1. The fraction of sp³-hybridized carbons (Fsp3) is 0.241. The Bertz CT molecular complexity index is 1740. The third kappa shape index (κ3) is 4.39. The number of likely N-dealkylation sites (tertiary alicyclic amines) is 1. The van der Waals surface area contributed by atoms with Gasteiger partial charge in [0.1, 0.15) is 17.0 Å². The lowest BCUT2D eigenvalue weighted by Crippen LogP contribution is -2.50. The Morgan fingerprint density at radius 1 is 1.20 bits per heavy atom. The normalized spacial score (nSPS) is 19.6. The average molecular weight is 553 g/mol. The highest BCUT2D eigenvalue weighted by atomic mass is 35.5. The Balaban J connectivity index is 1.47. The smallest absolute Gasteiger partial charge is 0.280 e. The first-order valence-electron chi connectivity index (χ1n) is 12.9. The number of aromatic nitrogens is 3. The number of carbonyl (C=O) groups is 1. The number of aliphatic imine (C=N–C) groups is 1. The Morgan fingerprint density at radius 2 is 2.00 bits per heavy atom. The number of pyridine rings is 1. The summed E-state index contributed by atoms with van der Waals surface area (Å²) in [6.45, 7) is 2.00. The van der Waals surface area contributed by atoms with Crippen LogP contribution in [0.2, 0.25) is 5.02 Å². The minimum absolute atomic E-state index is 0.00408. The minimum Gasteiger partial charge on any atom is -0.361 e. The molecule has 2 atom stereocenters. The van der Waals surface area contributed by atoms with Crippen molar-refractivity contribution in [2.75, 3.05) is 20.1 Å². The number of benzene rings is 2. The molecule has 4 N–H and O–H groups in total. The van der Waals surface area contributed by atoms with Gasteiger partial charge < -0.3 is 20.1 Å². The van der Waals surface area contributed by atoms with Crippen molar-refractivity contribution in [2.45, 2.75) is 25.0 Å². The molecule has 0 radical (unpaired) electrons. The Hall–Kier alpha value is -4.59. The number of halogens is 1. The number of hydrogen-bond acceptors (Lipinski definition) is 5. The molecule has 1 amide bonds. The van der Waals surface area contributed by atoms with E-state index in [4.69, 9.17) is 27.7 Å². The zero-order valence-corrected chi connectivity index (χ0v) is 22.6. The summed E-state index contributed by atoms with van der Waals surface area (Å²) in [5.74, 6) is 0.846. The summed E-state index contributed by atoms with van der Waals surface area (Å²) in [5, 5.41) is 15.9. The number of nitrogens with two attached hydrogens (primary N) is 2. The van der Waals surface area contributed by atoms with Crippen LogP contribution >= 0.6 is 11.6 Å². The maximum Gasteiger partial charge on any atom is 0.280 e. The molecule has 0 saturated carbocycles. The standard InChI is InChI=1S/C29H26ClN9O/c1-37-14-20(38-13-18-6-7-19(30)8-23(18)29(38)40)9-21(15-37)39-26-10-24(27(33)35-16-32)34-12-25(26)36-28(39)22-5-3-2-4-17(22)11-31/h2-8,10,12,16,20-21H,9,13-15H2,1H3,(H3,32,33,35)/p+1/t20-,21+/m0/s1. The number of nitrogens with zero attached hydrogens (tertiary/aromatic N) is 7. The first kappa shape index (κ1) is 25.7. The fourth-order valence-electron chi connectivity index (χ4n) is 5.88. The average Bonchev–Trinajstić information content (AvgIpc) is 3.50. The largest absolute Gasteiger partial charge is 0.361 e. The van der Waals surface area contributed by atoms with Crippen LogP contribution in [0.4, 0.5) is 0 Å². The van der Waals surface area contributed by atoms with Gasteiger partial charge >= 0.3 is 0 Å². The molecule has 2 aliphatic heterocycles. The van der Waals surface area contributed by atoms with Gasteiger partial charge in [-0.3, -0.25) is 10.2 Å². The van der Waals surface area contributed by atoms with Crippen molar-refractivity contribution in [2.24, 2.45) is 10.7 Å². The highest BCUT2D eigenvalue weighted by molar-refractivity contribution is 6.31. The van der Waals surface area contributed by atoms with E-state index < -0.39 is 0 Å². The third-order valence-electron chi connectivity index (χ3n) is 7.64. The summed E-state index contributed by atoms with van der Waals surface area (Å²) in [4.78, 5) is 31.0. The van der Waals surface area contributed by atoms with Crippen molar-refractivity contribution >= 4 is 40.7 Å². The number of likely N-dealkylation sites (N-methyl/N-ethyl adjacent to an activating group) is 1. The predicted molar refractivity (Wildman–Crippen MR) is 153 cm³/mol. The molecular formula is C29H27ClN9O+. The molecule has 2 aromatic heterocycles. The summed E-state index contributed by atoms with van der Waals surface area (Å²) in [6.07, 6.45) is 3.49. The topological polar surface area (TPSA) is 142 Å². The number of rotatable bonds is 5. The van der Waals surface area contributed by atoms with Gasteiger partial charge in [-0.25, -0.2) is 9.97 Å². The van der Waals surface area contributed by atoms with E-state index in [-0.39, 0.29) is 23.8 Å².